The van der Waals surface area contributed by atoms with Crippen molar-refractivity contribution in [3.8, 4) is 0 Å². The molecule has 2 aliphatic heterocycles. The Bertz CT molecular complexity index is 325. The fourth-order valence-electron chi connectivity index (χ4n) is 4.45. The van der Waals surface area contributed by atoms with E-state index in [0.717, 1.165) is 44.3 Å². The van der Waals surface area contributed by atoms with Gasteiger partial charge in [-0.15, -0.1) is 0 Å². The maximum atomic E-state index is 12.4. The van der Waals surface area contributed by atoms with Gasteiger partial charge in [-0.2, -0.15) is 0 Å². The summed E-state index contributed by atoms with van der Waals surface area (Å²) in [6.07, 6.45) is 12.5. The fraction of sp³-hybridized carbons (Fsp3) is 0.941. The Morgan fingerprint density at radius 2 is 1.80 bits per heavy atom. The van der Waals surface area contributed by atoms with Crippen molar-refractivity contribution in [2.75, 3.05) is 19.6 Å². The van der Waals surface area contributed by atoms with Crippen LogP contribution in [0, 0.1) is 11.8 Å². The summed E-state index contributed by atoms with van der Waals surface area (Å²) in [4.78, 5) is 14.6. The fourth-order valence-corrected chi connectivity index (χ4v) is 4.45. The van der Waals surface area contributed by atoms with Gasteiger partial charge in [-0.3, -0.25) is 4.79 Å². The Hall–Kier alpha value is -0.570. The molecule has 1 aliphatic carbocycles. The van der Waals surface area contributed by atoms with E-state index >= 15 is 0 Å². The third-order valence-corrected chi connectivity index (χ3v) is 5.76. The Kier molecular flexibility index (Phi) is 4.98. The number of fused-ring (bicyclic) bond motifs is 1. The molecular weight excluding hydrogens is 248 g/mol. The maximum Gasteiger partial charge on any atom is 0.222 e. The first kappa shape index (κ1) is 14.4. The lowest BCUT2D eigenvalue weighted by molar-refractivity contribution is -0.134. The number of hydrogen-bond donors (Lipinski definition) is 1. The molecule has 0 aromatic heterocycles. The van der Waals surface area contributed by atoms with E-state index in [1.807, 2.05) is 0 Å². The van der Waals surface area contributed by atoms with Crippen LogP contribution in [0.15, 0.2) is 0 Å². The van der Waals surface area contributed by atoms with E-state index in [-0.39, 0.29) is 0 Å². The zero-order chi connectivity index (χ0) is 13.8. The lowest BCUT2D eigenvalue weighted by atomic mass is 9.75. The Labute approximate surface area is 123 Å². The van der Waals surface area contributed by atoms with E-state index in [1.165, 1.54) is 51.4 Å². The highest BCUT2D eigenvalue weighted by molar-refractivity contribution is 5.76. The minimum absolute atomic E-state index is 0.418. The maximum absolute atomic E-state index is 12.4. The summed E-state index contributed by atoms with van der Waals surface area (Å²) in [6, 6.07) is 0.597. The minimum Gasteiger partial charge on any atom is -0.342 e. The summed E-state index contributed by atoms with van der Waals surface area (Å²) in [5, 5.41) is 3.55. The summed E-state index contributed by atoms with van der Waals surface area (Å²) in [7, 11) is 0. The molecule has 20 heavy (non-hydrogen) atoms. The highest BCUT2D eigenvalue weighted by Gasteiger charge is 2.32. The van der Waals surface area contributed by atoms with Gasteiger partial charge < -0.3 is 10.2 Å². The number of carbonyl (C=O) groups excluding carboxylic acids is 1. The average Bonchev–Trinajstić information content (AvgIpc) is 2.53. The van der Waals surface area contributed by atoms with Crippen molar-refractivity contribution in [3.05, 3.63) is 0 Å². The topological polar surface area (TPSA) is 32.3 Å². The van der Waals surface area contributed by atoms with Gasteiger partial charge in [-0.05, 0) is 50.5 Å². The van der Waals surface area contributed by atoms with E-state index in [9.17, 15) is 4.79 Å². The van der Waals surface area contributed by atoms with Gasteiger partial charge in [0.2, 0.25) is 5.91 Å². The molecule has 3 heteroatoms. The largest absolute Gasteiger partial charge is 0.342 e. The standard InChI is InChI=1S/C17H30N2O/c20-17(9-8-16-7-3-4-11-18-16)19-12-10-14-5-1-2-6-15(14)13-19/h14-16,18H,1-13H2. The molecule has 3 fully saturated rings. The van der Waals surface area contributed by atoms with E-state index in [4.69, 9.17) is 0 Å². The van der Waals surface area contributed by atoms with Crippen LogP contribution in [0.25, 0.3) is 0 Å². The second kappa shape index (κ2) is 6.93. The van der Waals surface area contributed by atoms with Crippen LogP contribution in [0.1, 0.15) is 64.2 Å². The first-order valence-electron chi connectivity index (χ1n) is 8.84. The van der Waals surface area contributed by atoms with Crippen molar-refractivity contribution in [1.82, 2.24) is 10.2 Å². The van der Waals surface area contributed by atoms with Gasteiger partial charge >= 0.3 is 0 Å². The molecule has 1 N–H and O–H groups in total. The van der Waals surface area contributed by atoms with Gasteiger partial charge in [0.25, 0.3) is 0 Å². The average molecular weight is 278 g/mol. The number of rotatable bonds is 3. The molecule has 0 spiro atoms. The second-order valence-corrected chi connectivity index (χ2v) is 7.12. The monoisotopic (exact) mass is 278 g/mol. The highest BCUT2D eigenvalue weighted by atomic mass is 16.2. The van der Waals surface area contributed by atoms with Gasteiger partial charge in [-0.25, -0.2) is 0 Å². The van der Waals surface area contributed by atoms with E-state index in [2.05, 4.69) is 10.2 Å². The van der Waals surface area contributed by atoms with Crippen molar-refractivity contribution in [2.45, 2.75) is 70.3 Å². The highest BCUT2D eigenvalue weighted by Crippen LogP contribution is 2.36. The normalized spacial score (nSPS) is 34.6. The SMILES string of the molecule is O=C(CCC1CCCCN1)N1CCC2CCCCC2C1. The zero-order valence-corrected chi connectivity index (χ0v) is 12.8. The summed E-state index contributed by atoms with van der Waals surface area (Å²) < 4.78 is 0. The predicted molar refractivity (Wildman–Crippen MR) is 81.5 cm³/mol. The molecule has 1 amide bonds. The van der Waals surface area contributed by atoms with Gasteiger partial charge in [-0.1, -0.05) is 25.7 Å². The van der Waals surface area contributed by atoms with Gasteiger partial charge in [0.05, 0.1) is 0 Å². The van der Waals surface area contributed by atoms with Crippen LogP contribution in [0.3, 0.4) is 0 Å². The third-order valence-electron chi connectivity index (χ3n) is 5.76. The first-order chi connectivity index (χ1) is 9.83. The number of amides is 1. The Balaban J connectivity index is 1.42. The van der Waals surface area contributed by atoms with Gasteiger partial charge in [0.15, 0.2) is 0 Å². The summed E-state index contributed by atoms with van der Waals surface area (Å²) in [5.74, 6) is 2.16. The Morgan fingerprint density at radius 3 is 2.60 bits per heavy atom. The molecular formula is C17H30N2O. The summed E-state index contributed by atoms with van der Waals surface area (Å²) in [5.41, 5.74) is 0. The van der Waals surface area contributed by atoms with E-state index in [1.54, 1.807) is 0 Å². The van der Waals surface area contributed by atoms with Gasteiger partial charge in [0.1, 0.15) is 0 Å². The molecule has 3 nitrogen and oxygen atoms in total. The van der Waals surface area contributed by atoms with Crippen molar-refractivity contribution in [2.24, 2.45) is 11.8 Å². The third kappa shape index (κ3) is 3.55. The van der Waals surface area contributed by atoms with Crippen LogP contribution in [0.2, 0.25) is 0 Å². The van der Waals surface area contributed by atoms with Crippen LogP contribution >= 0.6 is 0 Å². The van der Waals surface area contributed by atoms with Crippen LogP contribution < -0.4 is 5.32 Å². The molecule has 3 aliphatic rings. The predicted octanol–water partition coefficient (Wildman–Crippen LogP) is 2.95. The van der Waals surface area contributed by atoms with Crippen molar-refractivity contribution in [3.63, 3.8) is 0 Å². The van der Waals surface area contributed by atoms with Crippen molar-refractivity contribution >= 4 is 5.91 Å². The second-order valence-electron chi connectivity index (χ2n) is 7.12. The number of nitrogens with one attached hydrogen (secondary N) is 1. The first-order valence-corrected chi connectivity index (χ1v) is 8.84. The summed E-state index contributed by atoms with van der Waals surface area (Å²) in [6.45, 7) is 3.23. The molecule has 3 atom stereocenters. The van der Waals surface area contributed by atoms with Crippen LogP contribution in [-0.4, -0.2) is 36.5 Å². The summed E-state index contributed by atoms with van der Waals surface area (Å²) >= 11 is 0. The van der Waals surface area contributed by atoms with Crippen LogP contribution in [0.5, 0.6) is 0 Å². The zero-order valence-electron chi connectivity index (χ0n) is 12.8. The van der Waals surface area contributed by atoms with Crippen molar-refractivity contribution in [1.29, 1.82) is 0 Å². The number of likely N-dealkylation sites (tertiary alicyclic amines) is 1. The van der Waals surface area contributed by atoms with Crippen LogP contribution in [-0.2, 0) is 4.79 Å². The number of piperidine rings is 2. The molecule has 0 aromatic carbocycles. The van der Waals surface area contributed by atoms with E-state index in [0.29, 0.717) is 11.9 Å². The molecule has 3 rings (SSSR count). The molecule has 0 aromatic rings. The number of carbonyl (C=O) groups is 1. The number of nitrogens with zero attached hydrogens (tertiary/aromatic N) is 1. The smallest absolute Gasteiger partial charge is 0.222 e. The minimum atomic E-state index is 0.418. The number of hydrogen-bond acceptors (Lipinski definition) is 2. The molecule has 1 saturated carbocycles. The quantitative estimate of drug-likeness (QED) is 0.861. The van der Waals surface area contributed by atoms with Crippen LogP contribution in [0.4, 0.5) is 0 Å². The molecule has 0 radical (unpaired) electrons. The molecule has 2 saturated heterocycles. The molecule has 0 bridgehead atoms. The molecule has 2 heterocycles. The van der Waals surface area contributed by atoms with Gasteiger partial charge in [0, 0.05) is 25.6 Å². The molecule has 3 unspecified atom stereocenters. The lowest BCUT2D eigenvalue weighted by Gasteiger charge is -2.41. The molecule has 114 valence electrons. The lowest BCUT2D eigenvalue weighted by Crippen LogP contribution is -2.45. The van der Waals surface area contributed by atoms with Crippen molar-refractivity contribution < 1.29 is 4.79 Å². The van der Waals surface area contributed by atoms with E-state index < -0.39 is 0 Å². The Morgan fingerprint density at radius 1 is 1.00 bits per heavy atom.